The Bertz CT molecular complexity index is 268. The van der Waals surface area contributed by atoms with E-state index in [0.717, 1.165) is 11.3 Å². The molecule has 100 valence electrons. The number of nitrogens with zero attached hydrogens (tertiary/aromatic N) is 1. The first-order chi connectivity index (χ1) is 7.83. The van der Waals surface area contributed by atoms with Gasteiger partial charge in [-0.2, -0.15) is 13.2 Å². The van der Waals surface area contributed by atoms with Gasteiger partial charge in [0.25, 0.3) is 0 Å². The van der Waals surface area contributed by atoms with E-state index in [-0.39, 0.29) is 18.5 Å². The van der Waals surface area contributed by atoms with Crippen LogP contribution in [0.5, 0.6) is 0 Å². The zero-order valence-corrected chi connectivity index (χ0v) is 9.96. The van der Waals surface area contributed by atoms with Gasteiger partial charge in [0.05, 0.1) is 0 Å². The van der Waals surface area contributed by atoms with Crippen molar-refractivity contribution in [1.82, 2.24) is 4.90 Å². The monoisotopic (exact) mass is 252 g/mol. The Labute approximate surface area is 99.1 Å². The third-order valence-electron chi connectivity index (χ3n) is 3.00. The van der Waals surface area contributed by atoms with Crippen LogP contribution in [0.15, 0.2) is 0 Å². The summed E-state index contributed by atoms with van der Waals surface area (Å²) >= 11 is 0. The van der Waals surface area contributed by atoms with E-state index in [2.05, 4.69) is 0 Å². The average Bonchev–Trinajstić information content (AvgIpc) is 2.61. The van der Waals surface area contributed by atoms with Gasteiger partial charge >= 0.3 is 6.18 Å². The number of rotatable bonds is 4. The standard InChI is InChI=1S/C11H19F3N2O/c1-2-5-16(7-11(12,13)14)10(17)8-3-4-9(15)6-8/h8-9H,2-7,15H2,1H3. The molecule has 6 heteroatoms. The fourth-order valence-electron chi connectivity index (χ4n) is 2.25. The number of carbonyl (C=O) groups excluding carboxylic acids is 1. The molecule has 0 aromatic rings. The van der Waals surface area contributed by atoms with Crippen LogP contribution in [0.3, 0.4) is 0 Å². The predicted octanol–water partition coefficient (Wildman–Crippen LogP) is 1.91. The van der Waals surface area contributed by atoms with E-state index in [1.807, 2.05) is 0 Å². The molecule has 1 saturated carbocycles. The van der Waals surface area contributed by atoms with Crippen LogP contribution in [-0.2, 0) is 4.79 Å². The first kappa shape index (κ1) is 14.3. The minimum absolute atomic E-state index is 0.0432. The summed E-state index contributed by atoms with van der Waals surface area (Å²) in [5, 5.41) is 0. The van der Waals surface area contributed by atoms with E-state index in [9.17, 15) is 18.0 Å². The number of amides is 1. The maximum absolute atomic E-state index is 12.3. The normalized spacial score (nSPS) is 25.0. The van der Waals surface area contributed by atoms with Gasteiger partial charge in [0, 0.05) is 18.5 Å². The lowest BCUT2D eigenvalue weighted by Crippen LogP contribution is -2.42. The molecule has 1 amide bonds. The van der Waals surface area contributed by atoms with Crippen LogP contribution in [0.25, 0.3) is 0 Å². The van der Waals surface area contributed by atoms with Crippen molar-refractivity contribution in [3.05, 3.63) is 0 Å². The van der Waals surface area contributed by atoms with Gasteiger partial charge in [0.15, 0.2) is 0 Å². The van der Waals surface area contributed by atoms with E-state index in [4.69, 9.17) is 5.73 Å². The van der Waals surface area contributed by atoms with Crippen molar-refractivity contribution in [3.63, 3.8) is 0 Å². The van der Waals surface area contributed by atoms with Crippen LogP contribution >= 0.6 is 0 Å². The minimum Gasteiger partial charge on any atom is -0.333 e. The Morgan fingerprint density at radius 3 is 2.47 bits per heavy atom. The van der Waals surface area contributed by atoms with Gasteiger partial charge in [-0.05, 0) is 25.7 Å². The number of hydrogen-bond donors (Lipinski definition) is 1. The van der Waals surface area contributed by atoms with E-state index < -0.39 is 18.6 Å². The lowest BCUT2D eigenvalue weighted by atomic mass is 10.1. The molecule has 2 unspecified atom stereocenters. The second-order valence-corrected chi connectivity index (χ2v) is 4.65. The smallest absolute Gasteiger partial charge is 0.333 e. The maximum Gasteiger partial charge on any atom is 0.406 e. The summed E-state index contributed by atoms with van der Waals surface area (Å²) in [5.41, 5.74) is 5.67. The molecule has 0 radical (unpaired) electrons. The van der Waals surface area contributed by atoms with Gasteiger partial charge in [-0.15, -0.1) is 0 Å². The maximum atomic E-state index is 12.3. The van der Waals surface area contributed by atoms with Crippen molar-refractivity contribution in [3.8, 4) is 0 Å². The highest BCUT2D eigenvalue weighted by atomic mass is 19.4. The van der Waals surface area contributed by atoms with E-state index in [1.165, 1.54) is 0 Å². The van der Waals surface area contributed by atoms with Gasteiger partial charge < -0.3 is 10.6 Å². The molecule has 0 aromatic heterocycles. The highest BCUT2D eigenvalue weighted by Gasteiger charge is 2.36. The van der Waals surface area contributed by atoms with Crippen molar-refractivity contribution in [2.24, 2.45) is 11.7 Å². The van der Waals surface area contributed by atoms with E-state index in [1.54, 1.807) is 6.92 Å². The lowest BCUT2D eigenvalue weighted by molar-refractivity contribution is -0.163. The summed E-state index contributed by atoms with van der Waals surface area (Å²) < 4.78 is 37.0. The highest BCUT2D eigenvalue weighted by Crippen LogP contribution is 2.27. The van der Waals surface area contributed by atoms with Crippen molar-refractivity contribution in [1.29, 1.82) is 0 Å². The zero-order valence-electron chi connectivity index (χ0n) is 9.96. The molecule has 17 heavy (non-hydrogen) atoms. The third kappa shape index (κ3) is 4.53. The minimum atomic E-state index is -4.33. The van der Waals surface area contributed by atoms with Crippen molar-refractivity contribution >= 4 is 5.91 Å². The topological polar surface area (TPSA) is 46.3 Å². The molecular formula is C11H19F3N2O. The molecule has 1 rings (SSSR count). The molecule has 0 heterocycles. The molecule has 3 nitrogen and oxygen atoms in total. The Morgan fingerprint density at radius 2 is 2.06 bits per heavy atom. The van der Waals surface area contributed by atoms with E-state index in [0.29, 0.717) is 19.3 Å². The first-order valence-electron chi connectivity index (χ1n) is 5.94. The van der Waals surface area contributed by atoms with Crippen LogP contribution in [0.4, 0.5) is 13.2 Å². The van der Waals surface area contributed by atoms with Crippen LogP contribution in [-0.4, -0.2) is 36.1 Å². The Morgan fingerprint density at radius 1 is 1.41 bits per heavy atom. The van der Waals surface area contributed by atoms with Gasteiger partial charge in [-0.25, -0.2) is 0 Å². The Kier molecular flexibility index (Phi) is 4.80. The summed E-state index contributed by atoms with van der Waals surface area (Å²) in [7, 11) is 0. The molecule has 2 N–H and O–H groups in total. The second-order valence-electron chi connectivity index (χ2n) is 4.65. The van der Waals surface area contributed by atoms with Crippen molar-refractivity contribution in [2.75, 3.05) is 13.1 Å². The molecule has 0 aliphatic heterocycles. The molecule has 0 bridgehead atoms. The fourth-order valence-corrected chi connectivity index (χ4v) is 2.25. The quantitative estimate of drug-likeness (QED) is 0.830. The molecule has 2 atom stereocenters. The molecule has 1 aliphatic rings. The number of carbonyl (C=O) groups is 1. The summed E-state index contributed by atoms with van der Waals surface area (Å²) in [4.78, 5) is 12.8. The molecule has 0 saturated heterocycles. The second kappa shape index (κ2) is 5.71. The van der Waals surface area contributed by atoms with Gasteiger partial charge in [0.1, 0.15) is 6.54 Å². The van der Waals surface area contributed by atoms with Crippen molar-refractivity contribution < 1.29 is 18.0 Å². The number of hydrogen-bond acceptors (Lipinski definition) is 2. The molecule has 0 spiro atoms. The number of halogens is 3. The summed E-state index contributed by atoms with van der Waals surface area (Å²) in [6.07, 6.45) is -1.95. The number of alkyl halides is 3. The van der Waals surface area contributed by atoms with Crippen LogP contribution in [0.2, 0.25) is 0 Å². The first-order valence-corrected chi connectivity index (χ1v) is 5.94. The van der Waals surface area contributed by atoms with Crippen LogP contribution < -0.4 is 5.73 Å². The lowest BCUT2D eigenvalue weighted by Gasteiger charge is -2.26. The molecule has 1 aliphatic carbocycles. The van der Waals surface area contributed by atoms with Gasteiger partial charge in [0.2, 0.25) is 5.91 Å². The molecular weight excluding hydrogens is 233 g/mol. The largest absolute Gasteiger partial charge is 0.406 e. The highest BCUT2D eigenvalue weighted by molar-refractivity contribution is 5.79. The van der Waals surface area contributed by atoms with Crippen LogP contribution in [0.1, 0.15) is 32.6 Å². The SMILES string of the molecule is CCCN(CC(F)(F)F)C(=O)C1CCC(N)C1. The number of nitrogens with two attached hydrogens (primary N) is 1. The summed E-state index contributed by atoms with van der Waals surface area (Å²) in [5.74, 6) is -0.712. The predicted molar refractivity (Wildman–Crippen MR) is 58.2 cm³/mol. The fraction of sp³-hybridized carbons (Fsp3) is 0.909. The van der Waals surface area contributed by atoms with Crippen molar-refractivity contribution in [2.45, 2.75) is 44.8 Å². The van der Waals surface area contributed by atoms with Gasteiger partial charge in [-0.1, -0.05) is 6.92 Å². The zero-order chi connectivity index (χ0) is 13.1. The Hall–Kier alpha value is -0.780. The summed E-state index contributed by atoms with van der Waals surface area (Å²) in [6, 6.07) is -0.0432. The molecule has 0 aromatic carbocycles. The van der Waals surface area contributed by atoms with E-state index >= 15 is 0 Å². The Balaban J connectivity index is 2.60. The average molecular weight is 252 g/mol. The van der Waals surface area contributed by atoms with Gasteiger partial charge in [-0.3, -0.25) is 4.79 Å². The molecule has 1 fully saturated rings. The van der Waals surface area contributed by atoms with Crippen LogP contribution in [0, 0.1) is 5.92 Å². The third-order valence-corrected chi connectivity index (χ3v) is 3.00. The summed E-state index contributed by atoms with van der Waals surface area (Å²) in [6.45, 7) is 0.770.